The second kappa shape index (κ2) is 7.11. The van der Waals surface area contributed by atoms with Crippen molar-refractivity contribution in [2.24, 2.45) is 0 Å². The van der Waals surface area contributed by atoms with Crippen LogP contribution in [0.3, 0.4) is 0 Å². The van der Waals surface area contributed by atoms with Gasteiger partial charge in [0.05, 0.1) is 19.2 Å². The maximum Gasteiger partial charge on any atom is 0.257 e. The number of hydrogen-bond donors (Lipinski definition) is 0. The summed E-state index contributed by atoms with van der Waals surface area (Å²) < 4.78 is 5.13. The van der Waals surface area contributed by atoms with Crippen LogP contribution in [0.1, 0.15) is 35.2 Å². The summed E-state index contributed by atoms with van der Waals surface area (Å²) in [6, 6.07) is 13.4. The molecule has 0 bridgehead atoms. The minimum absolute atomic E-state index is 0.0128. The minimum atomic E-state index is -0.755. The summed E-state index contributed by atoms with van der Waals surface area (Å²) >= 11 is 0. The van der Waals surface area contributed by atoms with E-state index in [2.05, 4.69) is 0 Å². The van der Waals surface area contributed by atoms with Gasteiger partial charge in [0.15, 0.2) is 0 Å². The van der Waals surface area contributed by atoms with Crippen molar-refractivity contribution in [2.75, 3.05) is 12.0 Å². The quantitative estimate of drug-likeness (QED) is 0.751. The zero-order chi connectivity index (χ0) is 19.8. The molecule has 1 aliphatic heterocycles. The number of hydrogen-bond acceptors (Lipinski definition) is 4. The lowest BCUT2D eigenvalue weighted by atomic mass is 10.1. The van der Waals surface area contributed by atoms with Gasteiger partial charge in [-0.1, -0.05) is 17.7 Å². The first-order valence-corrected chi connectivity index (χ1v) is 9.40. The van der Waals surface area contributed by atoms with Gasteiger partial charge in [-0.05, 0) is 56.2 Å². The lowest BCUT2D eigenvalue weighted by Gasteiger charge is -2.28. The van der Waals surface area contributed by atoms with E-state index in [4.69, 9.17) is 4.74 Å². The molecule has 0 radical (unpaired) electrons. The predicted molar refractivity (Wildman–Crippen MR) is 104 cm³/mol. The molecule has 1 aliphatic carbocycles. The van der Waals surface area contributed by atoms with Crippen molar-refractivity contribution >= 4 is 23.4 Å². The number of benzene rings is 2. The molecule has 1 saturated heterocycles. The largest absolute Gasteiger partial charge is 0.497 e. The number of amides is 3. The molecule has 2 aromatic rings. The molecular weight excluding hydrogens is 356 g/mol. The van der Waals surface area contributed by atoms with Gasteiger partial charge in [0.2, 0.25) is 5.91 Å². The third-order valence-electron chi connectivity index (χ3n) is 5.23. The topological polar surface area (TPSA) is 66.9 Å². The van der Waals surface area contributed by atoms with Gasteiger partial charge in [0, 0.05) is 11.6 Å². The summed E-state index contributed by atoms with van der Waals surface area (Å²) in [6.07, 6.45) is 1.73. The van der Waals surface area contributed by atoms with Crippen molar-refractivity contribution in [1.29, 1.82) is 0 Å². The molecule has 4 rings (SSSR count). The number of nitrogens with zero attached hydrogens (tertiary/aromatic N) is 2. The zero-order valence-electron chi connectivity index (χ0n) is 15.9. The predicted octanol–water partition coefficient (Wildman–Crippen LogP) is 2.94. The van der Waals surface area contributed by atoms with E-state index < -0.39 is 6.04 Å². The van der Waals surface area contributed by atoms with Crippen molar-refractivity contribution in [3.63, 3.8) is 0 Å². The summed E-state index contributed by atoms with van der Waals surface area (Å²) in [4.78, 5) is 41.8. The molecular formula is C22H22N2O4. The smallest absolute Gasteiger partial charge is 0.257 e. The zero-order valence-corrected chi connectivity index (χ0v) is 15.9. The van der Waals surface area contributed by atoms with Gasteiger partial charge in [0.25, 0.3) is 11.8 Å². The van der Waals surface area contributed by atoms with Crippen LogP contribution in [0, 0.1) is 6.92 Å². The Morgan fingerprint density at radius 1 is 1.11 bits per heavy atom. The van der Waals surface area contributed by atoms with Crippen molar-refractivity contribution in [3.05, 3.63) is 59.7 Å². The maximum atomic E-state index is 13.2. The van der Waals surface area contributed by atoms with Crippen LogP contribution in [0.2, 0.25) is 0 Å². The highest BCUT2D eigenvalue weighted by atomic mass is 16.5. The highest BCUT2D eigenvalue weighted by molar-refractivity contribution is 6.23. The Morgan fingerprint density at radius 3 is 2.43 bits per heavy atom. The van der Waals surface area contributed by atoms with E-state index in [1.54, 1.807) is 42.3 Å². The van der Waals surface area contributed by atoms with E-state index in [9.17, 15) is 14.4 Å². The van der Waals surface area contributed by atoms with E-state index in [1.165, 1.54) is 4.90 Å². The summed E-state index contributed by atoms with van der Waals surface area (Å²) in [7, 11) is 1.56. The van der Waals surface area contributed by atoms with Crippen LogP contribution in [0.5, 0.6) is 5.75 Å². The molecule has 6 heteroatoms. The van der Waals surface area contributed by atoms with E-state index in [-0.39, 0.29) is 30.2 Å². The Kier molecular flexibility index (Phi) is 4.63. The number of aryl methyl sites for hydroxylation is 1. The lowest BCUT2D eigenvalue weighted by molar-refractivity contribution is -0.122. The number of ether oxygens (including phenoxy) is 1. The van der Waals surface area contributed by atoms with Gasteiger partial charge < -0.3 is 9.64 Å². The van der Waals surface area contributed by atoms with Gasteiger partial charge in [-0.3, -0.25) is 14.4 Å². The van der Waals surface area contributed by atoms with Crippen molar-refractivity contribution in [2.45, 2.75) is 38.3 Å². The molecule has 1 saturated carbocycles. The fourth-order valence-corrected chi connectivity index (χ4v) is 3.68. The molecule has 2 fully saturated rings. The molecule has 6 nitrogen and oxygen atoms in total. The third kappa shape index (κ3) is 3.26. The van der Waals surface area contributed by atoms with Crippen LogP contribution < -0.4 is 9.64 Å². The summed E-state index contributed by atoms with van der Waals surface area (Å²) in [6.45, 7) is 1.92. The summed E-state index contributed by atoms with van der Waals surface area (Å²) in [5.41, 5.74) is 2.03. The number of methoxy groups -OCH3 is 1. The second-order valence-corrected chi connectivity index (χ2v) is 7.30. The highest BCUT2D eigenvalue weighted by Crippen LogP contribution is 2.35. The molecule has 0 spiro atoms. The molecule has 28 heavy (non-hydrogen) atoms. The fraction of sp³-hybridized carbons (Fsp3) is 0.318. The molecule has 0 aromatic heterocycles. The van der Waals surface area contributed by atoms with Crippen LogP contribution in [-0.2, 0) is 9.59 Å². The number of carbonyl (C=O) groups is 3. The van der Waals surface area contributed by atoms with E-state index in [1.807, 2.05) is 25.1 Å². The first kappa shape index (κ1) is 18.2. The monoisotopic (exact) mass is 378 g/mol. The van der Waals surface area contributed by atoms with Gasteiger partial charge in [0.1, 0.15) is 11.8 Å². The van der Waals surface area contributed by atoms with E-state index in [0.717, 1.165) is 18.4 Å². The molecule has 2 aliphatic rings. The number of anilines is 1. The summed E-state index contributed by atoms with van der Waals surface area (Å²) in [5, 5.41) is 0. The molecule has 2 aromatic carbocycles. The maximum absolute atomic E-state index is 13.2. The van der Waals surface area contributed by atoms with E-state index in [0.29, 0.717) is 17.0 Å². The molecule has 3 amide bonds. The average Bonchev–Trinajstić information content (AvgIpc) is 3.48. The molecule has 0 N–H and O–H groups in total. The molecule has 1 heterocycles. The van der Waals surface area contributed by atoms with Crippen molar-refractivity contribution in [1.82, 2.24) is 4.90 Å². The van der Waals surface area contributed by atoms with Gasteiger partial charge in [-0.2, -0.15) is 0 Å². The third-order valence-corrected chi connectivity index (χ3v) is 5.23. The molecule has 1 atom stereocenters. The highest BCUT2D eigenvalue weighted by Gasteiger charge is 2.48. The number of rotatable bonds is 5. The van der Waals surface area contributed by atoms with Crippen LogP contribution in [0.25, 0.3) is 0 Å². The van der Waals surface area contributed by atoms with Crippen LogP contribution in [0.15, 0.2) is 48.5 Å². The normalized spacial score (nSPS) is 19.1. The van der Waals surface area contributed by atoms with Crippen LogP contribution in [-0.4, -0.2) is 41.8 Å². The average molecular weight is 378 g/mol. The number of imide groups is 1. The van der Waals surface area contributed by atoms with Gasteiger partial charge >= 0.3 is 0 Å². The Hall–Kier alpha value is -3.15. The summed E-state index contributed by atoms with van der Waals surface area (Å²) in [5.74, 6) is -0.173. The Morgan fingerprint density at radius 2 is 1.82 bits per heavy atom. The fourth-order valence-electron chi connectivity index (χ4n) is 3.68. The van der Waals surface area contributed by atoms with Gasteiger partial charge in [-0.25, -0.2) is 4.90 Å². The second-order valence-electron chi connectivity index (χ2n) is 7.30. The Balaban J connectivity index is 1.62. The van der Waals surface area contributed by atoms with Crippen LogP contribution in [0.4, 0.5) is 5.69 Å². The SMILES string of the molecule is COc1ccc(N2C(=O)CC(N(C(=O)c3cccc(C)c3)C3CC3)C2=O)cc1. The van der Waals surface area contributed by atoms with Crippen molar-refractivity contribution in [3.8, 4) is 5.75 Å². The standard InChI is InChI=1S/C22H22N2O4/c1-14-4-3-5-15(12-14)21(26)23(16-6-7-16)19-13-20(25)24(22(19)27)17-8-10-18(28-2)11-9-17/h3-5,8-12,16,19H,6-7,13H2,1-2H3. The van der Waals surface area contributed by atoms with Gasteiger partial charge in [-0.15, -0.1) is 0 Å². The molecule has 144 valence electrons. The number of carbonyl (C=O) groups excluding carboxylic acids is 3. The lowest BCUT2D eigenvalue weighted by Crippen LogP contribution is -2.46. The minimum Gasteiger partial charge on any atom is -0.497 e. The Labute approximate surface area is 163 Å². The van der Waals surface area contributed by atoms with Crippen molar-refractivity contribution < 1.29 is 19.1 Å². The van der Waals surface area contributed by atoms with Crippen LogP contribution >= 0.6 is 0 Å². The Bertz CT molecular complexity index is 934. The first-order chi connectivity index (χ1) is 13.5. The van der Waals surface area contributed by atoms with E-state index >= 15 is 0 Å². The molecule has 1 unspecified atom stereocenters. The first-order valence-electron chi connectivity index (χ1n) is 9.40.